The summed E-state index contributed by atoms with van der Waals surface area (Å²) in [5, 5.41) is 30.2. The van der Waals surface area contributed by atoms with Crippen LogP contribution >= 0.6 is 0 Å². The maximum atomic E-state index is 10.1. The number of hydrogen-bond acceptors (Lipinski definition) is 3. The molecule has 120 valence electrons. The van der Waals surface area contributed by atoms with Gasteiger partial charge < -0.3 is 15.3 Å². The molecular weight excluding hydrogens is 276 g/mol. The van der Waals surface area contributed by atoms with Gasteiger partial charge >= 0.3 is 0 Å². The van der Waals surface area contributed by atoms with Crippen molar-refractivity contribution < 1.29 is 15.3 Å². The number of rotatable bonds is 1. The molecule has 3 N–H and O–H groups in total. The Balaban J connectivity index is 1.75. The minimum Gasteiger partial charge on any atom is -0.343 e. The molecule has 4 aliphatic carbocycles. The van der Waals surface area contributed by atoms with E-state index in [9.17, 15) is 15.3 Å². The van der Waals surface area contributed by atoms with Crippen molar-refractivity contribution in [3.63, 3.8) is 0 Å². The smallest absolute Gasteiger partial charge is 0.281 e. The lowest BCUT2D eigenvalue weighted by Crippen LogP contribution is -2.57. The molecule has 0 aromatic carbocycles. The monoisotopic (exact) mass is 302 g/mol. The number of hydrogen-bond donors (Lipinski definition) is 3. The van der Waals surface area contributed by atoms with Crippen LogP contribution in [-0.4, -0.2) is 21.3 Å². The zero-order chi connectivity index (χ0) is 15.6. The molecule has 3 nitrogen and oxygen atoms in total. The average molecular weight is 302 g/mol. The summed E-state index contributed by atoms with van der Waals surface area (Å²) in [4.78, 5) is 0. The molecule has 0 saturated heterocycles. The number of allylic oxidation sites excluding steroid dienone is 6. The highest BCUT2D eigenvalue weighted by Crippen LogP contribution is 2.65. The van der Waals surface area contributed by atoms with Gasteiger partial charge in [-0.05, 0) is 55.4 Å². The van der Waals surface area contributed by atoms with Gasteiger partial charge in [0, 0.05) is 5.41 Å². The van der Waals surface area contributed by atoms with E-state index in [1.54, 1.807) is 0 Å². The molecule has 4 aliphatic rings. The molecular formula is C19H26O3. The second kappa shape index (κ2) is 4.56. The average Bonchev–Trinajstić information content (AvgIpc) is 2.91. The predicted octanol–water partition coefficient (Wildman–Crippen LogP) is 2.89. The Kier molecular flexibility index (Phi) is 3.04. The van der Waals surface area contributed by atoms with Crippen LogP contribution in [0, 0.1) is 28.6 Å². The normalized spacial score (nSPS) is 46.7. The SMILES string of the molecule is C[C@]12C=CC=CC1=CC[C@H]1[C@@H]3CCC[C@@]3(C(O)(O)O)CC[C@@H]12. The fraction of sp³-hybridized carbons (Fsp3) is 0.684. The lowest BCUT2D eigenvalue weighted by atomic mass is 9.49. The van der Waals surface area contributed by atoms with E-state index in [0.29, 0.717) is 18.3 Å². The Morgan fingerprint density at radius 1 is 1.09 bits per heavy atom. The van der Waals surface area contributed by atoms with E-state index in [-0.39, 0.29) is 11.3 Å². The molecule has 22 heavy (non-hydrogen) atoms. The summed E-state index contributed by atoms with van der Waals surface area (Å²) in [6.07, 6.45) is 16.5. The van der Waals surface area contributed by atoms with E-state index in [0.717, 1.165) is 32.1 Å². The van der Waals surface area contributed by atoms with Crippen molar-refractivity contribution in [2.45, 2.75) is 51.4 Å². The van der Waals surface area contributed by atoms with Crippen LogP contribution in [0.3, 0.4) is 0 Å². The van der Waals surface area contributed by atoms with E-state index < -0.39 is 11.4 Å². The van der Waals surface area contributed by atoms with Gasteiger partial charge in [0.25, 0.3) is 5.97 Å². The maximum Gasteiger partial charge on any atom is 0.281 e. The van der Waals surface area contributed by atoms with Crippen LogP contribution in [0.4, 0.5) is 0 Å². The lowest BCUT2D eigenvalue weighted by Gasteiger charge is -2.57. The van der Waals surface area contributed by atoms with Crippen molar-refractivity contribution in [1.29, 1.82) is 0 Å². The van der Waals surface area contributed by atoms with Crippen molar-refractivity contribution >= 4 is 0 Å². The zero-order valence-corrected chi connectivity index (χ0v) is 13.2. The summed E-state index contributed by atoms with van der Waals surface area (Å²) >= 11 is 0. The van der Waals surface area contributed by atoms with Crippen molar-refractivity contribution in [3.8, 4) is 0 Å². The Labute approximate surface area is 132 Å². The zero-order valence-electron chi connectivity index (χ0n) is 13.2. The molecule has 3 heteroatoms. The number of aliphatic hydroxyl groups is 3. The third-order valence-corrected chi connectivity index (χ3v) is 7.28. The Bertz CT molecular complexity index is 568. The van der Waals surface area contributed by atoms with E-state index in [1.165, 1.54) is 5.57 Å². The van der Waals surface area contributed by atoms with Gasteiger partial charge in [0.2, 0.25) is 0 Å². The molecule has 0 aliphatic heterocycles. The Morgan fingerprint density at radius 3 is 2.68 bits per heavy atom. The second-order valence-corrected chi connectivity index (χ2v) is 8.00. The third kappa shape index (κ3) is 1.73. The second-order valence-electron chi connectivity index (χ2n) is 8.00. The first-order chi connectivity index (χ1) is 10.4. The minimum absolute atomic E-state index is 0.0649. The van der Waals surface area contributed by atoms with Crippen LogP contribution in [0.5, 0.6) is 0 Å². The van der Waals surface area contributed by atoms with Crippen LogP contribution in [0.15, 0.2) is 36.0 Å². The standard InChI is InChI=1S/C19H26O3/c1-17-10-3-2-5-13(17)7-8-14-15(17)9-12-18(19(20,21)22)11-4-6-16(14)18/h2-3,5,7,10,14-16,20-22H,4,6,8-9,11-12H2,1H3/t14-,15+,16+,17+,18-/m1/s1. The fourth-order valence-electron chi connectivity index (χ4n) is 6.18. The summed E-state index contributed by atoms with van der Waals surface area (Å²) in [6.45, 7) is 2.32. The Morgan fingerprint density at radius 2 is 1.91 bits per heavy atom. The minimum atomic E-state index is -2.54. The summed E-state index contributed by atoms with van der Waals surface area (Å²) in [5.41, 5.74) is 0.754. The van der Waals surface area contributed by atoms with Gasteiger partial charge in [-0.2, -0.15) is 0 Å². The fourth-order valence-corrected chi connectivity index (χ4v) is 6.18. The number of fused-ring (bicyclic) bond motifs is 5. The van der Waals surface area contributed by atoms with Crippen LogP contribution in [0.2, 0.25) is 0 Å². The first kappa shape index (κ1) is 14.7. The third-order valence-electron chi connectivity index (χ3n) is 7.28. The van der Waals surface area contributed by atoms with Crippen molar-refractivity contribution in [3.05, 3.63) is 36.0 Å². The van der Waals surface area contributed by atoms with Crippen molar-refractivity contribution in [2.75, 3.05) is 0 Å². The lowest BCUT2D eigenvalue weighted by molar-refractivity contribution is -0.392. The summed E-state index contributed by atoms with van der Waals surface area (Å²) < 4.78 is 0. The highest BCUT2D eigenvalue weighted by atomic mass is 16.7. The van der Waals surface area contributed by atoms with Crippen LogP contribution in [0.1, 0.15) is 45.4 Å². The van der Waals surface area contributed by atoms with Crippen LogP contribution in [-0.2, 0) is 0 Å². The van der Waals surface area contributed by atoms with E-state index in [1.807, 2.05) is 0 Å². The molecule has 5 atom stereocenters. The van der Waals surface area contributed by atoms with Gasteiger partial charge in [-0.25, -0.2) is 0 Å². The quantitative estimate of drug-likeness (QED) is 0.653. The van der Waals surface area contributed by atoms with Gasteiger partial charge in [-0.1, -0.05) is 43.7 Å². The predicted molar refractivity (Wildman–Crippen MR) is 84.5 cm³/mol. The molecule has 0 aromatic rings. The van der Waals surface area contributed by atoms with E-state index in [2.05, 4.69) is 37.3 Å². The van der Waals surface area contributed by atoms with E-state index in [4.69, 9.17) is 0 Å². The van der Waals surface area contributed by atoms with E-state index >= 15 is 0 Å². The topological polar surface area (TPSA) is 60.7 Å². The molecule has 2 saturated carbocycles. The molecule has 4 rings (SSSR count). The van der Waals surface area contributed by atoms with Gasteiger partial charge in [-0.15, -0.1) is 0 Å². The molecule has 0 bridgehead atoms. The maximum absolute atomic E-state index is 10.1. The largest absolute Gasteiger partial charge is 0.343 e. The summed E-state index contributed by atoms with van der Waals surface area (Å²) in [7, 11) is 0. The Hall–Kier alpha value is -0.900. The van der Waals surface area contributed by atoms with Gasteiger partial charge in [0.1, 0.15) is 0 Å². The molecule has 0 aromatic heterocycles. The highest BCUT2D eigenvalue weighted by Gasteiger charge is 2.63. The summed E-state index contributed by atoms with van der Waals surface area (Å²) in [5.74, 6) is -1.36. The highest BCUT2D eigenvalue weighted by molar-refractivity contribution is 5.41. The first-order valence-electron chi connectivity index (χ1n) is 8.62. The first-order valence-corrected chi connectivity index (χ1v) is 8.62. The molecule has 0 spiro atoms. The van der Waals surface area contributed by atoms with Crippen molar-refractivity contribution in [1.82, 2.24) is 0 Å². The summed E-state index contributed by atoms with van der Waals surface area (Å²) in [6, 6.07) is 0. The molecule has 0 radical (unpaired) electrons. The van der Waals surface area contributed by atoms with Crippen molar-refractivity contribution in [2.24, 2.45) is 28.6 Å². The molecule has 0 amide bonds. The van der Waals surface area contributed by atoms with Crippen LogP contribution < -0.4 is 0 Å². The van der Waals surface area contributed by atoms with Gasteiger partial charge in [0.05, 0.1) is 5.41 Å². The molecule has 0 heterocycles. The van der Waals surface area contributed by atoms with Gasteiger partial charge in [-0.3, -0.25) is 0 Å². The molecule has 2 fully saturated rings. The van der Waals surface area contributed by atoms with Gasteiger partial charge in [0.15, 0.2) is 0 Å². The van der Waals surface area contributed by atoms with Crippen LogP contribution in [0.25, 0.3) is 0 Å². The molecule has 0 unspecified atom stereocenters.